The number of esters is 1. The predicted molar refractivity (Wildman–Crippen MR) is 157 cm³/mol. The first-order valence-electron chi connectivity index (χ1n) is 13.9. The van der Waals surface area contributed by atoms with Crippen LogP contribution in [0.2, 0.25) is 0 Å². The molecule has 5 rings (SSSR count). The van der Waals surface area contributed by atoms with E-state index in [4.69, 9.17) is 9.47 Å². The Balaban J connectivity index is 1.32. The molecule has 3 aromatic carbocycles. The fourth-order valence-electron chi connectivity index (χ4n) is 5.06. The molecule has 1 amide bonds. The summed E-state index contributed by atoms with van der Waals surface area (Å²) >= 11 is 0. The minimum atomic E-state index is -3.79. The standard InChI is InChI=1S/C31H33N3O7S/c1-22-8-10-23(11-9-22)30(36)25-6-2-3-7-26(25)31(37)41-21-29(35)32-27-20-24(12-13-28(27)33-14-4-5-15-33)42(38,39)34-16-18-40-19-17-34/h2-3,6-13,20H,4-5,14-19,21H2,1H3,(H,32,35). The molecule has 10 nitrogen and oxygen atoms in total. The fourth-order valence-corrected chi connectivity index (χ4v) is 6.49. The van der Waals surface area contributed by atoms with Crippen molar-refractivity contribution in [2.75, 3.05) is 56.2 Å². The molecule has 0 aliphatic carbocycles. The van der Waals surface area contributed by atoms with Crippen LogP contribution in [0.1, 0.15) is 44.7 Å². The molecule has 11 heteroatoms. The van der Waals surface area contributed by atoms with Crippen molar-refractivity contribution in [1.29, 1.82) is 0 Å². The number of carbonyl (C=O) groups excluding carboxylic acids is 3. The normalized spacial score (nSPS) is 15.8. The van der Waals surface area contributed by atoms with E-state index in [2.05, 4.69) is 10.2 Å². The van der Waals surface area contributed by atoms with E-state index in [1.54, 1.807) is 42.5 Å². The minimum absolute atomic E-state index is 0.0484. The summed E-state index contributed by atoms with van der Waals surface area (Å²) in [7, 11) is -3.79. The third kappa shape index (κ3) is 6.53. The average molecular weight is 592 g/mol. The second-order valence-electron chi connectivity index (χ2n) is 10.3. The van der Waals surface area contributed by atoms with Gasteiger partial charge in [0.05, 0.1) is 35.0 Å². The molecule has 2 aliphatic heterocycles. The first-order valence-corrected chi connectivity index (χ1v) is 15.3. The monoisotopic (exact) mass is 591 g/mol. The van der Waals surface area contributed by atoms with E-state index in [0.717, 1.165) is 31.5 Å². The summed E-state index contributed by atoms with van der Waals surface area (Å²) in [6, 6.07) is 18.0. The first kappa shape index (κ1) is 29.4. The molecule has 0 bridgehead atoms. The maximum Gasteiger partial charge on any atom is 0.339 e. The van der Waals surface area contributed by atoms with E-state index in [9.17, 15) is 22.8 Å². The summed E-state index contributed by atoms with van der Waals surface area (Å²) in [6.45, 7) is 3.99. The number of rotatable bonds is 9. The average Bonchev–Trinajstić information content (AvgIpc) is 3.55. The van der Waals surface area contributed by atoms with Crippen molar-refractivity contribution in [2.24, 2.45) is 0 Å². The highest BCUT2D eigenvalue weighted by atomic mass is 32.2. The Labute approximate surface area is 245 Å². The quantitative estimate of drug-likeness (QED) is 0.296. The zero-order valence-corrected chi connectivity index (χ0v) is 24.2. The van der Waals surface area contributed by atoms with Gasteiger partial charge in [-0.25, -0.2) is 13.2 Å². The van der Waals surface area contributed by atoms with E-state index in [1.807, 2.05) is 19.1 Å². The van der Waals surface area contributed by atoms with Gasteiger partial charge in [-0.1, -0.05) is 48.0 Å². The largest absolute Gasteiger partial charge is 0.452 e. The lowest BCUT2D eigenvalue weighted by Crippen LogP contribution is -2.40. The van der Waals surface area contributed by atoms with Crippen molar-refractivity contribution in [2.45, 2.75) is 24.7 Å². The van der Waals surface area contributed by atoms with Crippen LogP contribution in [0.3, 0.4) is 0 Å². The maximum absolute atomic E-state index is 13.3. The molecule has 2 heterocycles. The summed E-state index contributed by atoms with van der Waals surface area (Å²) in [5.41, 5.74) is 2.67. The zero-order chi connectivity index (χ0) is 29.7. The topological polar surface area (TPSA) is 122 Å². The molecule has 2 aliphatic rings. The molecule has 0 aromatic heterocycles. The van der Waals surface area contributed by atoms with Crippen LogP contribution in [-0.4, -0.2) is 76.4 Å². The van der Waals surface area contributed by atoms with Gasteiger partial charge in [-0.15, -0.1) is 0 Å². The molecule has 2 fully saturated rings. The van der Waals surface area contributed by atoms with Gasteiger partial charge in [0.2, 0.25) is 10.0 Å². The fraction of sp³-hybridized carbons (Fsp3) is 0.323. The lowest BCUT2D eigenvalue weighted by atomic mass is 9.98. The van der Waals surface area contributed by atoms with Crippen molar-refractivity contribution in [1.82, 2.24) is 4.31 Å². The number of ketones is 1. The van der Waals surface area contributed by atoms with Crippen LogP contribution in [-0.2, 0) is 24.3 Å². The summed E-state index contributed by atoms with van der Waals surface area (Å²) in [4.78, 5) is 41.2. The number of aryl methyl sites for hydroxylation is 1. The van der Waals surface area contributed by atoms with Gasteiger partial charge in [0.1, 0.15) is 0 Å². The molecular formula is C31H33N3O7S. The molecule has 0 atom stereocenters. The number of morpholine rings is 1. The first-order chi connectivity index (χ1) is 20.2. The molecular weight excluding hydrogens is 558 g/mol. The van der Waals surface area contributed by atoms with Crippen molar-refractivity contribution in [3.05, 3.63) is 89.0 Å². The van der Waals surface area contributed by atoms with Gasteiger partial charge in [0.25, 0.3) is 5.91 Å². The Morgan fingerprint density at radius 3 is 2.24 bits per heavy atom. The second-order valence-corrected chi connectivity index (χ2v) is 12.2. The highest BCUT2D eigenvalue weighted by molar-refractivity contribution is 7.89. The number of sulfonamides is 1. The molecule has 1 N–H and O–H groups in total. The third-order valence-electron chi connectivity index (χ3n) is 7.34. The molecule has 0 spiro atoms. The lowest BCUT2D eigenvalue weighted by Gasteiger charge is -2.27. The minimum Gasteiger partial charge on any atom is -0.452 e. The molecule has 42 heavy (non-hydrogen) atoms. The second kappa shape index (κ2) is 12.8. The Kier molecular flexibility index (Phi) is 9.00. The van der Waals surface area contributed by atoms with Crippen LogP contribution >= 0.6 is 0 Å². The summed E-state index contributed by atoms with van der Waals surface area (Å²) in [6.07, 6.45) is 1.97. The number of nitrogens with one attached hydrogen (secondary N) is 1. The van der Waals surface area contributed by atoms with Crippen molar-refractivity contribution < 1.29 is 32.3 Å². The van der Waals surface area contributed by atoms with Gasteiger partial charge in [0.15, 0.2) is 12.4 Å². The van der Waals surface area contributed by atoms with E-state index in [0.29, 0.717) is 30.2 Å². The molecule has 220 valence electrons. The van der Waals surface area contributed by atoms with Crippen LogP contribution in [0.15, 0.2) is 71.6 Å². The van der Waals surface area contributed by atoms with Gasteiger partial charge in [0, 0.05) is 37.3 Å². The Morgan fingerprint density at radius 1 is 0.881 bits per heavy atom. The number of anilines is 2. The zero-order valence-electron chi connectivity index (χ0n) is 23.4. The Hall–Kier alpha value is -4.06. The van der Waals surface area contributed by atoms with Gasteiger partial charge in [-0.05, 0) is 44.0 Å². The number of hydrogen-bond donors (Lipinski definition) is 1. The molecule has 2 saturated heterocycles. The molecule has 0 radical (unpaired) electrons. The van der Waals surface area contributed by atoms with Crippen LogP contribution in [0.5, 0.6) is 0 Å². The van der Waals surface area contributed by atoms with Crippen molar-refractivity contribution in [3.63, 3.8) is 0 Å². The smallest absolute Gasteiger partial charge is 0.339 e. The third-order valence-corrected chi connectivity index (χ3v) is 9.23. The number of benzene rings is 3. The maximum atomic E-state index is 13.3. The Bertz CT molecular complexity index is 1580. The highest BCUT2D eigenvalue weighted by Crippen LogP contribution is 2.32. The summed E-state index contributed by atoms with van der Waals surface area (Å²) in [5, 5.41) is 2.75. The number of amides is 1. The molecule has 0 unspecified atom stereocenters. The van der Waals surface area contributed by atoms with Crippen molar-refractivity contribution >= 4 is 39.1 Å². The van der Waals surface area contributed by atoms with Crippen LogP contribution < -0.4 is 10.2 Å². The highest BCUT2D eigenvalue weighted by Gasteiger charge is 2.28. The van der Waals surface area contributed by atoms with E-state index in [-0.39, 0.29) is 34.9 Å². The number of nitrogens with zero attached hydrogens (tertiary/aromatic N) is 2. The number of carbonyl (C=O) groups is 3. The SMILES string of the molecule is Cc1ccc(C(=O)c2ccccc2C(=O)OCC(=O)Nc2cc(S(=O)(=O)N3CCOCC3)ccc2N2CCCC2)cc1. The number of hydrogen-bond acceptors (Lipinski definition) is 8. The van der Waals surface area contributed by atoms with Gasteiger partial charge >= 0.3 is 5.97 Å². The van der Waals surface area contributed by atoms with Gasteiger partial charge in [-0.2, -0.15) is 4.31 Å². The summed E-state index contributed by atoms with van der Waals surface area (Å²) in [5.74, 6) is -1.78. The van der Waals surface area contributed by atoms with Crippen LogP contribution in [0.4, 0.5) is 11.4 Å². The van der Waals surface area contributed by atoms with E-state index in [1.165, 1.54) is 16.4 Å². The predicted octanol–water partition coefficient (Wildman–Crippen LogP) is 3.64. The Morgan fingerprint density at radius 2 is 1.55 bits per heavy atom. The van der Waals surface area contributed by atoms with Gasteiger partial charge < -0.3 is 19.7 Å². The summed E-state index contributed by atoms with van der Waals surface area (Å²) < 4.78 is 38.5. The van der Waals surface area contributed by atoms with Gasteiger partial charge in [-0.3, -0.25) is 9.59 Å². The number of ether oxygens (including phenoxy) is 2. The lowest BCUT2D eigenvalue weighted by molar-refractivity contribution is -0.119. The molecule has 0 saturated carbocycles. The molecule has 3 aromatic rings. The van der Waals surface area contributed by atoms with Crippen LogP contribution in [0, 0.1) is 6.92 Å². The van der Waals surface area contributed by atoms with E-state index >= 15 is 0 Å². The van der Waals surface area contributed by atoms with Crippen LogP contribution in [0.25, 0.3) is 0 Å². The van der Waals surface area contributed by atoms with E-state index < -0.39 is 28.5 Å². The van der Waals surface area contributed by atoms with Crippen molar-refractivity contribution in [3.8, 4) is 0 Å².